The minimum atomic E-state index is -0.471. The first-order valence-corrected chi connectivity index (χ1v) is 6.46. The molecule has 1 saturated carbocycles. The molecule has 1 aromatic rings. The highest BCUT2D eigenvalue weighted by Gasteiger charge is 2.29. The van der Waals surface area contributed by atoms with E-state index in [4.69, 9.17) is 21.1 Å². The molecule has 20 heavy (non-hydrogen) atoms. The van der Waals surface area contributed by atoms with Gasteiger partial charge in [-0.05, 0) is 25.0 Å². The van der Waals surface area contributed by atoms with E-state index in [0.717, 1.165) is 12.8 Å². The average Bonchev–Trinajstić information content (AvgIpc) is 3.27. The first-order chi connectivity index (χ1) is 9.56. The maximum Gasteiger partial charge on any atom is 0.269 e. The number of hydrogen-bond acceptors (Lipinski definition) is 4. The van der Waals surface area contributed by atoms with E-state index in [1.165, 1.54) is 26.4 Å². The lowest BCUT2D eigenvalue weighted by Crippen LogP contribution is -2.42. The molecule has 0 bridgehead atoms. The van der Waals surface area contributed by atoms with Crippen molar-refractivity contribution in [3.05, 3.63) is 22.7 Å². The number of hydrogen-bond donors (Lipinski definition) is 2. The van der Waals surface area contributed by atoms with Gasteiger partial charge in [0.1, 0.15) is 0 Å². The predicted octanol–water partition coefficient (Wildman–Crippen LogP) is 1.53. The summed E-state index contributed by atoms with van der Waals surface area (Å²) >= 11 is 6.01. The number of rotatable bonds is 4. The number of halogens is 1. The molecule has 1 aliphatic rings. The fraction of sp³-hybridized carbons (Fsp3) is 0.385. The van der Waals surface area contributed by atoms with Crippen LogP contribution in [0.4, 0.5) is 0 Å². The Labute approximate surface area is 121 Å². The van der Waals surface area contributed by atoms with Crippen LogP contribution in [-0.4, -0.2) is 26.0 Å². The Hall–Kier alpha value is -1.95. The first-order valence-electron chi connectivity index (χ1n) is 6.08. The molecular formula is C13H15ClN2O4. The fourth-order valence-electron chi connectivity index (χ4n) is 1.69. The number of ether oxygens (including phenoxy) is 2. The van der Waals surface area contributed by atoms with Crippen LogP contribution >= 0.6 is 11.6 Å². The second kappa shape index (κ2) is 6.00. The molecular weight excluding hydrogens is 284 g/mol. The van der Waals surface area contributed by atoms with E-state index in [-0.39, 0.29) is 22.4 Å². The van der Waals surface area contributed by atoms with Crippen LogP contribution in [0.2, 0.25) is 5.02 Å². The van der Waals surface area contributed by atoms with Gasteiger partial charge in [-0.2, -0.15) is 0 Å². The average molecular weight is 299 g/mol. The van der Waals surface area contributed by atoms with Gasteiger partial charge in [-0.1, -0.05) is 11.6 Å². The quantitative estimate of drug-likeness (QED) is 0.827. The van der Waals surface area contributed by atoms with E-state index < -0.39 is 5.91 Å². The van der Waals surface area contributed by atoms with Crippen molar-refractivity contribution in [3.63, 3.8) is 0 Å². The molecule has 1 fully saturated rings. The van der Waals surface area contributed by atoms with Gasteiger partial charge in [0, 0.05) is 11.5 Å². The summed E-state index contributed by atoms with van der Waals surface area (Å²) in [5, 5.41) is 0.255. The lowest BCUT2D eigenvalue weighted by molar-refractivity contribution is -0.123. The molecule has 6 nitrogen and oxygen atoms in total. The Balaban J connectivity index is 2.08. The van der Waals surface area contributed by atoms with Crippen molar-refractivity contribution in [3.8, 4) is 11.5 Å². The van der Waals surface area contributed by atoms with E-state index in [1.54, 1.807) is 0 Å². The van der Waals surface area contributed by atoms with Crippen LogP contribution in [0.15, 0.2) is 12.1 Å². The summed E-state index contributed by atoms with van der Waals surface area (Å²) in [6, 6.07) is 2.94. The van der Waals surface area contributed by atoms with Crippen molar-refractivity contribution in [2.75, 3.05) is 14.2 Å². The third-order valence-corrected chi connectivity index (χ3v) is 3.22. The zero-order valence-corrected chi connectivity index (χ0v) is 11.9. The third kappa shape index (κ3) is 3.14. The van der Waals surface area contributed by atoms with Gasteiger partial charge in [0.2, 0.25) is 5.91 Å². The van der Waals surface area contributed by atoms with Crippen molar-refractivity contribution in [1.82, 2.24) is 10.9 Å². The zero-order valence-electron chi connectivity index (χ0n) is 11.2. The van der Waals surface area contributed by atoms with E-state index in [0.29, 0.717) is 11.5 Å². The molecule has 1 aliphatic carbocycles. The second-order valence-electron chi connectivity index (χ2n) is 4.41. The summed E-state index contributed by atoms with van der Waals surface area (Å²) in [5.41, 5.74) is 4.98. The molecule has 2 rings (SSSR count). The molecule has 0 atom stereocenters. The van der Waals surface area contributed by atoms with Gasteiger partial charge >= 0.3 is 0 Å². The fourth-order valence-corrected chi connectivity index (χ4v) is 1.97. The third-order valence-electron chi connectivity index (χ3n) is 2.94. The SMILES string of the molecule is COc1cc(C(=O)NNC(=O)C2CC2)cc(Cl)c1OC. The summed E-state index contributed by atoms with van der Waals surface area (Å²) in [4.78, 5) is 23.4. The summed E-state index contributed by atoms with van der Waals surface area (Å²) in [6.45, 7) is 0. The molecule has 0 aliphatic heterocycles. The van der Waals surface area contributed by atoms with Gasteiger partial charge in [0.05, 0.1) is 19.2 Å². The Bertz CT molecular complexity index is 543. The summed E-state index contributed by atoms with van der Waals surface area (Å²) in [5.74, 6) is 0.0717. The highest BCUT2D eigenvalue weighted by molar-refractivity contribution is 6.32. The Morgan fingerprint density at radius 2 is 1.90 bits per heavy atom. The van der Waals surface area contributed by atoms with E-state index in [9.17, 15) is 9.59 Å². The Kier molecular flexibility index (Phi) is 4.34. The van der Waals surface area contributed by atoms with E-state index in [1.807, 2.05) is 0 Å². The van der Waals surface area contributed by atoms with Gasteiger partial charge in [-0.15, -0.1) is 0 Å². The molecule has 0 saturated heterocycles. The number of benzene rings is 1. The molecule has 2 amide bonds. The number of carbonyl (C=O) groups is 2. The summed E-state index contributed by atoms with van der Waals surface area (Å²) in [7, 11) is 2.91. The molecule has 0 radical (unpaired) electrons. The van der Waals surface area contributed by atoms with Crippen LogP contribution < -0.4 is 20.3 Å². The topological polar surface area (TPSA) is 76.7 Å². The zero-order chi connectivity index (χ0) is 14.7. The van der Waals surface area contributed by atoms with Gasteiger partial charge in [-0.3, -0.25) is 20.4 Å². The number of nitrogens with one attached hydrogen (secondary N) is 2. The van der Waals surface area contributed by atoms with Gasteiger partial charge in [0.25, 0.3) is 5.91 Å². The van der Waals surface area contributed by atoms with Crippen LogP contribution in [0, 0.1) is 5.92 Å². The smallest absolute Gasteiger partial charge is 0.269 e. The molecule has 0 heterocycles. The Morgan fingerprint density at radius 3 is 2.45 bits per heavy atom. The van der Waals surface area contributed by atoms with Crippen LogP contribution in [-0.2, 0) is 4.79 Å². The molecule has 7 heteroatoms. The minimum Gasteiger partial charge on any atom is -0.493 e. The van der Waals surface area contributed by atoms with Gasteiger partial charge < -0.3 is 9.47 Å². The van der Waals surface area contributed by atoms with Crippen molar-refractivity contribution in [2.45, 2.75) is 12.8 Å². The van der Waals surface area contributed by atoms with Crippen LogP contribution in [0.25, 0.3) is 0 Å². The molecule has 0 unspecified atom stereocenters. The largest absolute Gasteiger partial charge is 0.493 e. The monoisotopic (exact) mass is 298 g/mol. The van der Waals surface area contributed by atoms with Crippen molar-refractivity contribution in [1.29, 1.82) is 0 Å². The van der Waals surface area contributed by atoms with Crippen LogP contribution in [0.5, 0.6) is 11.5 Å². The van der Waals surface area contributed by atoms with Crippen LogP contribution in [0.3, 0.4) is 0 Å². The van der Waals surface area contributed by atoms with E-state index >= 15 is 0 Å². The molecule has 2 N–H and O–H groups in total. The predicted molar refractivity (Wildman–Crippen MR) is 72.9 cm³/mol. The van der Waals surface area contributed by atoms with Crippen molar-refractivity contribution >= 4 is 23.4 Å². The van der Waals surface area contributed by atoms with Gasteiger partial charge in [-0.25, -0.2) is 0 Å². The molecule has 1 aromatic carbocycles. The first kappa shape index (κ1) is 14.5. The lowest BCUT2D eigenvalue weighted by Gasteiger charge is -2.12. The summed E-state index contributed by atoms with van der Waals surface area (Å²) in [6.07, 6.45) is 1.73. The number of carbonyl (C=O) groups excluding carboxylic acids is 2. The van der Waals surface area contributed by atoms with Crippen molar-refractivity contribution < 1.29 is 19.1 Å². The molecule has 0 aromatic heterocycles. The highest BCUT2D eigenvalue weighted by Crippen LogP contribution is 2.35. The number of amides is 2. The maximum absolute atomic E-state index is 11.9. The van der Waals surface area contributed by atoms with Gasteiger partial charge in [0.15, 0.2) is 11.5 Å². The minimum absolute atomic E-state index is 0.0179. The van der Waals surface area contributed by atoms with Crippen LogP contribution in [0.1, 0.15) is 23.2 Å². The maximum atomic E-state index is 11.9. The standard InChI is InChI=1S/C13H15ClN2O4/c1-19-10-6-8(5-9(14)11(10)20-2)13(18)16-15-12(17)7-3-4-7/h5-7H,3-4H2,1-2H3,(H,15,17)(H,16,18). The molecule has 108 valence electrons. The lowest BCUT2D eigenvalue weighted by atomic mass is 10.2. The van der Waals surface area contributed by atoms with Crippen molar-refractivity contribution in [2.24, 2.45) is 5.92 Å². The summed E-state index contributed by atoms with van der Waals surface area (Å²) < 4.78 is 10.2. The Morgan fingerprint density at radius 1 is 1.20 bits per heavy atom. The highest BCUT2D eigenvalue weighted by atomic mass is 35.5. The molecule has 0 spiro atoms. The second-order valence-corrected chi connectivity index (χ2v) is 4.82. The normalized spacial score (nSPS) is 13.6. The number of hydrazine groups is 1. The number of methoxy groups -OCH3 is 2. The van der Waals surface area contributed by atoms with E-state index in [2.05, 4.69) is 10.9 Å².